The molecule has 0 bridgehead atoms. The summed E-state index contributed by atoms with van der Waals surface area (Å²) in [4.78, 5) is 21.6. The third-order valence-corrected chi connectivity index (χ3v) is 3.74. The Kier molecular flexibility index (Phi) is 4.61. The molecule has 0 aliphatic rings. The minimum Gasteiger partial charge on any atom is -0.321 e. The second-order valence-electron chi connectivity index (χ2n) is 6.83. The van der Waals surface area contributed by atoms with Gasteiger partial charge in [-0.15, -0.1) is 0 Å². The lowest BCUT2D eigenvalue weighted by Crippen LogP contribution is -2.27. The zero-order valence-electron chi connectivity index (χ0n) is 14.5. The number of carbonyl (C=O) groups excluding carboxylic acids is 1. The highest BCUT2D eigenvalue weighted by Crippen LogP contribution is 2.21. The molecule has 0 saturated carbocycles. The maximum atomic E-state index is 12.9. The fraction of sp³-hybridized carbons (Fsp3) is 0.263. The van der Waals surface area contributed by atoms with Gasteiger partial charge in [-0.1, -0.05) is 51.1 Å². The van der Waals surface area contributed by atoms with E-state index in [9.17, 15) is 4.79 Å². The number of benzene rings is 1. The van der Waals surface area contributed by atoms with Crippen molar-refractivity contribution in [3.05, 3.63) is 72.6 Å². The SMILES string of the molecule is CC(C)(C)c1ncc(NC(=O)C(c2ccccc2)n2cccn2)cn1. The van der Waals surface area contributed by atoms with Crippen LogP contribution in [0.15, 0.2) is 61.2 Å². The van der Waals surface area contributed by atoms with Crippen molar-refractivity contribution < 1.29 is 4.79 Å². The lowest BCUT2D eigenvalue weighted by atomic mass is 9.96. The lowest BCUT2D eigenvalue weighted by Gasteiger charge is -2.19. The summed E-state index contributed by atoms with van der Waals surface area (Å²) in [5.41, 5.74) is 1.28. The Morgan fingerprint density at radius 3 is 2.32 bits per heavy atom. The van der Waals surface area contributed by atoms with Crippen LogP contribution in [0.3, 0.4) is 0 Å². The number of aromatic nitrogens is 4. The van der Waals surface area contributed by atoms with Crippen LogP contribution in [-0.2, 0) is 10.2 Å². The number of hydrogen-bond acceptors (Lipinski definition) is 4. The number of amides is 1. The zero-order valence-corrected chi connectivity index (χ0v) is 14.5. The molecule has 1 unspecified atom stereocenters. The summed E-state index contributed by atoms with van der Waals surface area (Å²) in [6.07, 6.45) is 6.70. The van der Waals surface area contributed by atoms with Gasteiger partial charge in [-0.25, -0.2) is 9.97 Å². The number of nitrogens with zero attached hydrogens (tertiary/aromatic N) is 4. The topological polar surface area (TPSA) is 72.7 Å². The number of nitrogens with one attached hydrogen (secondary N) is 1. The third-order valence-electron chi connectivity index (χ3n) is 3.74. The summed E-state index contributed by atoms with van der Waals surface area (Å²) < 4.78 is 1.63. The predicted molar refractivity (Wildman–Crippen MR) is 96.2 cm³/mol. The van der Waals surface area contributed by atoms with Gasteiger partial charge in [-0.3, -0.25) is 9.48 Å². The molecule has 0 aliphatic heterocycles. The highest BCUT2D eigenvalue weighted by molar-refractivity contribution is 5.95. The first-order valence-corrected chi connectivity index (χ1v) is 8.12. The Bertz CT molecular complexity index is 821. The van der Waals surface area contributed by atoms with Gasteiger partial charge in [0.05, 0.1) is 18.1 Å². The quantitative estimate of drug-likeness (QED) is 0.795. The first-order valence-electron chi connectivity index (χ1n) is 8.12. The summed E-state index contributed by atoms with van der Waals surface area (Å²) in [5.74, 6) is 0.541. The Morgan fingerprint density at radius 1 is 1.08 bits per heavy atom. The average molecular weight is 335 g/mol. The molecule has 1 aromatic carbocycles. The molecule has 1 N–H and O–H groups in total. The van der Waals surface area contributed by atoms with Crippen LogP contribution in [-0.4, -0.2) is 25.7 Å². The molecular formula is C19H21N5O. The van der Waals surface area contributed by atoms with Crippen LogP contribution in [0.2, 0.25) is 0 Å². The van der Waals surface area contributed by atoms with Gasteiger partial charge >= 0.3 is 0 Å². The minimum absolute atomic E-state index is 0.135. The van der Waals surface area contributed by atoms with Gasteiger partial charge in [0.1, 0.15) is 5.82 Å². The molecule has 3 aromatic rings. The molecule has 1 amide bonds. The van der Waals surface area contributed by atoms with Gasteiger partial charge in [0, 0.05) is 17.8 Å². The van der Waals surface area contributed by atoms with Crippen LogP contribution in [0.5, 0.6) is 0 Å². The standard InChI is InChI=1S/C19H21N5O/c1-19(2,3)18-20-12-15(13-21-18)23-17(25)16(24-11-7-10-22-24)14-8-5-4-6-9-14/h4-13,16H,1-3H3,(H,23,25). The molecule has 0 saturated heterocycles. The van der Waals surface area contributed by atoms with Crippen LogP contribution >= 0.6 is 0 Å². The summed E-state index contributed by atoms with van der Waals surface area (Å²) in [7, 11) is 0. The van der Waals surface area contributed by atoms with E-state index in [0.29, 0.717) is 5.69 Å². The highest BCUT2D eigenvalue weighted by Gasteiger charge is 2.23. The van der Waals surface area contributed by atoms with Crippen molar-refractivity contribution in [3.63, 3.8) is 0 Å². The fourth-order valence-corrected chi connectivity index (χ4v) is 2.48. The summed E-state index contributed by atoms with van der Waals surface area (Å²) in [5, 5.41) is 7.11. The molecule has 6 heteroatoms. The van der Waals surface area contributed by atoms with E-state index in [4.69, 9.17) is 0 Å². The normalized spacial score (nSPS) is 12.6. The summed E-state index contributed by atoms with van der Waals surface area (Å²) >= 11 is 0. The van der Waals surface area contributed by atoms with E-state index in [-0.39, 0.29) is 11.3 Å². The Hall–Kier alpha value is -3.02. The molecule has 0 radical (unpaired) electrons. The van der Waals surface area contributed by atoms with Crippen LogP contribution in [0.25, 0.3) is 0 Å². The predicted octanol–water partition coefficient (Wildman–Crippen LogP) is 3.20. The van der Waals surface area contributed by atoms with Crippen LogP contribution in [0.4, 0.5) is 5.69 Å². The molecule has 2 heterocycles. The number of carbonyl (C=O) groups is 1. The van der Waals surface area contributed by atoms with Gasteiger partial charge in [-0.05, 0) is 11.6 Å². The van der Waals surface area contributed by atoms with Gasteiger partial charge < -0.3 is 5.32 Å². The Labute approximate surface area is 146 Å². The van der Waals surface area contributed by atoms with E-state index in [1.54, 1.807) is 35.5 Å². The van der Waals surface area contributed by atoms with Gasteiger partial charge in [0.2, 0.25) is 0 Å². The van der Waals surface area contributed by atoms with Crippen molar-refractivity contribution in [1.82, 2.24) is 19.7 Å². The van der Waals surface area contributed by atoms with Crippen molar-refractivity contribution in [3.8, 4) is 0 Å². The number of anilines is 1. The number of rotatable bonds is 4. The van der Waals surface area contributed by atoms with E-state index in [2.05, 4.69) is 20.4 Å². The second-order valence-corrected chi connectivity index (χ2v) is 6.83. The Balaban J connectivity index is 1.84. The molecule has 2 aromatic heterocycles. The van der Waals surface area contributed by atoms with E-state index in [0.717, 1.165) is 11.4 Å². The van der Waals surface area contributed by atoms with Crippen LogP contribution < -0.4 is 5.32 Å². The summed E-state index contributed by atoms with van der Waals surface area (Å²) in [6.45, 7) is 6.14. The zero-order chi connectivity index (χ0) is 17.9. The van der Waals surface area contributed by atoms with Gasteiger partial charge in [-0.2, -0.15) is 5.10 Å². The number of hydrogen-bond donors (Lipinski definition) is 1. The molecule has 0 fully saturated rings. The maximum absolute atomic E-state index is 12.9. The minimum atomic E-state index is -0.557. The second kappa shape index (κ2) is 6.84. The molecule has 1 atom stereocenters. The van der Waals surface area contributed by atoms with Gasteiger partial charge in [0.15, 0.2) is 6.04 Å². The smallest absolute Gasteiger partial charge is 0.253 e. The molecule has 0 aliphatic carbocycles. The van der Waals surface area contributed by atoms with Crippen LogP contribution in [0, 0.1) is 0 Å². The van der Waals surface area contributed by atoms with E-state index in [1.807, 2.05) is 51.1 Å². The maximum Gasteiger partial charge on any atom is 0.253 e. The van der Waals surface area contributed by atoms with E-state index in [1.165, 1.54) is 0 Å². The van der Waals surface area contributed by atoms with E-state index < -0.39 is 6.04 Å². The van der Waals surface area contributed by atoms with Gasteiger partial charge in [0.25, 0.3) is 5.91 Å². The van der Waals surface area contributed by atoms with Crippen molar-refractivity contribution in [2.24, 2.45) is 0 Å². The van der Waals surface area contributed by atoms with E-state index >= 15 is 0 Å². The molecular weight excluding hydrogens is 314 g/mol. The highest BCUT2D eigenvalue weighted by atomic mass is 16.2. The van der Waals surface area contributed by atoms with Crippen LogP contribution in [0.1, 0.15) is 38.2 Å². The average Bonchev–Trinajstić information content (AvgIpc) is 3.10. The van der Waals surface area contributed by atoms with Crippen molar-refractivity contribution in [2.45, 2.75) is 32.2 Å². The summed E-state index contributed by atoms with van der Waals surface area (Å²) in [6, 6.07) is 10.8. The van der Waals surface area contributed by atoms with Crippen molar-refractivity contribution in [1.29, 1.82) is 0 Å². The molecule has 6 nitrogen and oxygen atoms in total. The molecule has 0 spiro atoms. The monoisotopic (exact) mass is 335 g/mol. The molecule has 3 rings (SSSR count). The third kappa shape index (κ3) is 3.91. The first-order chi connectivity index (χ1) is 11.9. The largest absolute Gasteiger partial charge is 0.321 e. The molecule has 25 heavy (non-hydrogen) atoms. The molecule has 128 valence electrons. The lowest BCUT2D eigenvalue weighted by molar-refractivity contribution is -0.118. The van der Waals surface area contributed by atoms with Crippen molar-refractivity contribution >= 4 is 11.6 Å². The fourth-order valence-electron chi connectivity index (χ4n) is 2.48. The Morgan fingerprint density at radius 2 is 1.76 bits per heavy atom. The first kappa shape index (κ1) is 16.8. The van der Waals surface area contributed by atoms with Crippen molar-refractivity contribution in [2.75, 3.05) is 5.32 Å².